The van der Waals surface area contributed by atoms with Crippen molar-refractivity contribution in [1.29, 1.82) is 0 Å². The molecular formula is C30H29NO5. The third kappa shape index (κ3) is 5.84. The van der Waals surface area contributed by atoms with E-state index in [9.17, 15) is 9.59 Å². The number of carbonyl (C=O) groups excluding carboxylic acids is 2. The number of esters is 1. The summed E-state index contributed by atoms with van der Waals surface area (Å²) in [4.78, 5) is 25.7. The molecule has 0 spiro atoms. The van der Waals surface area contributed by atoms with Crippen LogP contribution in [0.15, 0.2) is 91.0 Å². The van der Waals surface area contributed by atoms with Crippen LogP contribution in [0.2, 0.25) is 0 Å². The molecule has 0 fully saturated rings. The number of ether oxygens (including phenoxy) is 3. The van der Waals surface area contributed by atoms with Gasteiger partial charge in [-0.1, -0.05) is 74.5 Å². The van der Waals surface area contributed by atoms with E-state index in [1.54, 1.807) is 25.3 Å². The summed E-state index contributed by atoms with van der Waals surface area (Å²) in [5.41, 5.74) is 1.53. The van der Waals surface area contributed by atoms with Crippen LogP contribution in [-0.4, -0.2) is 25.6 Å². The van der Waals surface area contributed by atoms with Crippen molar-refractivity contribution in [3.63, 3.8) is 0 Å². The Bertz CT molecular complexity index is 1330. The van der Waals surface area contributed by atoms with Gasteiger partial charge in [0, 0.05) is 11.5 Å². The van der Waals surface area contributed by atoms with E-state index in [0.29, 0.717) is 22.8 Å². The second-order valence-corrected chi connectivity index (χ2v) is 8.64. The van der Waals surface area contributed by atoms with Gasteiger partial charge in [-0.3, -0.25) is 4.79 Å². The summed E-state index contributed by atoms with van der Waals surface area (Å²) in [6.07, 6.45) is 0. The molecule has 36 heavy (non-hydrogen) atoms. The smallest absolute Gasteiger partial charge is 0.349 e. The minimum absolute atomic E-state index is 0.117. The van der Waals surface area contributed by atoms with E-state index in [2.05, 4.69) is 5.32 Å². The number of hydrogen-bond donors (Lipinski definition) is 1. The quantitative estimate of drug-likeness (QED) is 0.244. The van der Waals surface area contributed by atoms with E-state index in [-0.39, 0.29) is 18.4 Å². The monoisotopic (exact) mass is 483 g/mol. The third-order valence-electron chi connectivity index (χ3n) is 5.80. The Morgan fingerprint density at radius 3 is 2.19 bits per heavy atom. The van der Waals surface area contributed by atoms with Gasteiger partial charge in [0.25, 0.3) is 0 Å². The first kappa shape index (κ1) is 24.8. The van der Waals surface area contributed by atoms with Crippen LogP contribution < -0.4 is 19.5 Å². The summed E-state index contributed by atoms with van der Waals surface area (Å²) in [7, 11) is 1.60. The third-order valence-corrected chi connectivity index (χ3v) is 5.80. The van der Waals surface area contributed by atoms with Crippen molar-refractivity contribution in [3.05, 3.63) is 102 Å². The molecule has 0 aliphatic heterocycles. The number of nitrogens with one attached hydrogen (secondary N) is 1. The van der Waals surface area contributed by atoms with E-state index < -0.39 is 12.0 Å². The van der Waals surface area contributed by atoms with Gasteiger partial charge in [-0.2, -0.15) is 0 Å². The summed E-state index contributed by atoms with van der Waals surface area (Å²) in [6.45, 7) is 3.43. The number of amides is 1. The number of benzene rings is 4. The number of carbonyl (C=O) groups is 2. The van der Waals surface area contributed by atoms with Crippen LogP contribution in [0.4, 0.5) is 0 Å². The second-order valence-electron chi connectivity index (χ2n) is 8.64. The summed E-state index contributed by atoms with van der Waals surface area (Å²) in [5, 5.41) is 4.98. The number of rotatable bonds is 9. The molecule has 6 heteroatoms. The first-order valence-electron chi connectivity index (χ1n) is 11.8. The summed E-state index contributed by atoms with van der Waals surface area (Å²) >= 11 is 0. The molecule has 0 aliphatic rings. The lowest BCUT2D eigenvalue weighted by atomic mass is 9.92. The molecular weight excluding hydrogens is 454 g/mol. The van der Waals surface area contributed by atoms with Gasteiger partial charge < -0.3 is 19.5 Å². The van der Waals surface area contributed by atoms with Gasteiger partial charge in [-0.15, -0.1) is 0 Å². The highest BCUT2D eigenvalue weighted by Gasteiger charge is 2.25. The van der Waals surface area contributed by atoms with Crippen LogP contribution in [0.1, 0.15) is 31.0 Å². The molecule has 6 nitrogen and oxygen atoms in total. The van der Waals surface area contributed by atoms with Gasteiger partial charge in [0.05, 0.1) is 13.2 Å². The van der Waals surface area contributed by atoms with Crippen LogP contribution in [-0.2, 0) is 9.59 Å². The van der Waals surface area contributed by atoms with Gasteiger partial charge in [-0.05, 0) is 46.7 Å². The maximum atomic E-state index is 12.9. The van der Waals surface area contributed by atoms with Gasteiger partial charge in [0.15, 0.2) is 6.61 Å². The van der Waals surface area contributed by atoms with Gasteiger partial charge >= 0.3 is 5.97 Å². The lowest BCUT2D eigenvalue weighted by Gasteiger charge is -2.25. The largest absolute Gasteiger partial charge is 0.497 e. The molecule has 0 aliphatic carbocycles. The van der Waals surface area contributed by atoms with Gasteiger partial charge in [-0.25, -0.2) is 4.79 Å². The molecule has 0 unspecified atom stereocenters. The first-order valence-corrected chi connectivity index (χ1v) is 11.8. The Balaban J connectivity index is 1.75. The first-order chi connectivity index (χ1) is 17.5. The zero-order valence-corrected chi connectivity index (χ0v) is 20.6. The van der Waals surface area contributed by atoms with Gasteiger partial charge in [0.2, 0.25) is 5.91 Å². The normalized spacial score (nSPS) is 11.7. The van der Waals surface area contributed by atoms with E-state index in [1.165, 1.54) is 0 Å². The van der Waals surface area contributed by atoms with Crippen molar-refractivity contribution in [3.8, 4) is 17.2 Å². The molecule has 1 N–H and O–H groups in total. The van der Waals surface area contributed by atoms with E-state index in [4.69, 9.17) is 14.2 Å². The molecule has 0 saturated carbocycles. The summed E-state index contributed by atoms with van der Waals surface area (Å²) in [5.74, 6) is 0.752. The average Bonchev–Trinajstić information content (AvgIpc) is 2.91. The fraction of sp³-hybridized carbons (Fsp3) is 0.200. The van der Waals surface area contributed by atoms with Crippen molar-refractivity contribution >= 4 is 22.6 Å². The lowest BCUT2D eigenvalue weighted by molar-refractivity contribution is -0.136. The zero-order valence-electron chi connectivity index (χ0n) is 20.6. The summed E-state index contributed by atoms with van der Waals surface area (Å²) < 4.78 is 16.7. The molecule has 0 bridgehead atoms. The van der Waals surface area contributed by atoms with Crippen molar-refractivity contribution in [1.82, 2.24) is 5.32 Å². The van der Waals surface area contributed by atoms with Gasteiger partial charge in [0.1, 0.15) is 17.2 Å². The maximum Gasteiger partial charge on any atom is 0.349 e. The fourth-order valence-electron chi connectivity index (χ4n) is 3.90. The van der Waals surface area contributed by atoms with Crippen molar-refractivity contribution in [2.45, 2.75) is 19.9 Å². The van der Waals surface area contributed by atoms with Crippen molar-refractivity contribution < 1.29 is 23.8 Å². The number of hydrogen-bond acceptors (Lipinski definition) is 5. The Morgan fingerprint density at radius 2 is 1.50 bits per heavy atom. The molecule has 4 rings (SSSR count). The van der Waals surface area contributed by atoms with Crippen molar-refractivity contribution in [2.24, 2.45) is 5.92 Å². The molecule has 0 aromatic heterocycles. The topological polar surface area (TPSA) is 73.9 Å². The number of para-hydroxylation sites is 1. The SMILES string of the molecule is COc1ccc([C@@H](NC(=O)C(C)C)c2c(OC(=O)COc3ccccc3)ccc3ccccc23)cc1. The lowest BCUT2D eigenvalue weighted by Crippen LogP contribution is -2.33. The molecule has 1 atom stereocenters. The zero-order chi connectivity index (χ0) is 25.5. The van der Waals surface area contributed by atoms with Crippen LogP contribution in [0, 0.1) is 5.92 Å². The summed E-state index contributed by atoms with van der Waals surface area (Å²) in [6, 6.07) is 27.5. The van der Waals surface area contributed by atoms with Crippen LogP contribution in [0.25, 0.3) is 10.8 Å². The van der Waals surface area contributed by atoms with E-state index in [0.717, 1.165) is 16.3 Å². The molecule has 0 radical (unpaired) electrons. The minimum Gasteiger partial charge on any atom is -0.497 e. The van der Waals surface area contributed by atoms with E-state index in [1.807, 2.05) is 86.6 Å². The van der Waals surface area contributed by atoms with Crippen LogP contribution in [0.3, 0.4) is 0 Å². The predicted molar refractivity (Wildman–Crippen MR) is 139 cm³/mol. The number of fused-ring (bicyclic) bond motifs is 1. The highest BCUT2D eigenvalue weighted by Crippen LogP contribution is 2.37. The van der Waals surface area contributed by atoms with E-state index >= 15 is 0 Å². The highest BCUT2D eigenvalue weighted by atomic mass is 16.6. The highest BCUT2D eigenvalue weighted by molar-refractivity contribution is 5.91. The number of methoxy groups -OCH3 is 1. The average molecular weight is 484 g/mol. The Kier molecular flexibility index (Phi) is 7.85. The second kappa shape index (κ2) is 11.4. The predicted octanol–water partition coefficient (Wildman–Crippen LogP) is 5.69. The Hall–Kier alpha value is -4.32. The molecule has 4 aromatic carbocycles. The molecule has 0 saturated heterocycles. The van der Waals surface area contributed by atoms with Crippen LogP contribution >= 0.6 is 0 Å². The van der Waals surface area contributed by atoms with Crippen LogP contribution in [0.5, 0.6) is 17.2 Å². The minimum atomic E-state index is -0.560. The maximum absolute atomic E-state index is 12.9. The molecule has 184 valence electrons. The molecule has 4 aromatic rings. The Labute approximate surface area is 210 Å². The molecule has 0 heterocycles. The standard InChI is InChI=1S/C30H29NO5/c1-20(2)30(33)31-29(22-13-16-23(34-3)17-14-22)28-25-12-8-7-9-21(25)15-18-26(28)36-27(32)19-35-24-10-5-4-6-11-24/h4-18,20,29H,19H2,1-3H3,(H,31,33)/t29-/m1/s1. The Morgan fingerprint density at radius 1 is 0.806 bits per heavy atom. The molecule has 1 amide bonds. The fourth-order valence-corrected chi connectivity index (χ4v) is 3.90. The van der Waals surface area contributed by atoms with Crippen molar-refractivity contribution in [2.75, 3.05) is 13.7 Å².